The number of nitrogens with two attached hydrogens (primary N) is 1. The lowest BCUT2D eigenvalue weighted by atomic mass is 10.0. The Morgan fingerprint density at radius 3 is 2.47 bits per heavy atom. The summed E-state index contributed by atoms with van der Waals surface area (Å²) in [5, 5.41) is 5.67. The molecule has 1 saturated carbocycles. The normalized spacial score (nSPS) is 15.5. The molecular formula is C12H23N3O2. The zero-order valence-electron chi connectivity index (χ0n) is 10.7. The quantitative estimate of drug-likeness (QED) is 0.560. The molecule has 5 heteroatoms. The van der Waals surface area contributed by atoms with Gasteiger partial charge in [0, 0.05) is 31.0 Å². The zero-order valence-corrected chi connectivity index (χ0v) is 10.7. The summed E-state index contributed by atoms with van der Waals surface area (Å²) in [5.74, 6) is 0.0287. The first-order valence-corrected chi connectivity index (χ1v) is 6.22. The van der Waals surface area contributed by atoms with Crippen LogP contribution in [0.25, 0.3) is 0 Å². The highest BCUT2D eigenvalue weighted by atomic mass is 16.2. The molecule has 0 spiro atoms. The highest BCUT2D eigenvalue weighted by Gasteiger charge is 2.22. The average molecular weight is 241 g/mol. The fourth-order valence-electron chi connectivity index (χ4n) is 1.48. The van der Waals surface area contributed by atoms with Gasteiger partial charge in [0.2, 0.25) is 11.8 Å². The molecule has 1 fully saturated rings. The summed E-state index contributed by atoms with van der Waals surface area (Å²) in [6.07, 6.45) is 3.67. The summed E-state index contributed by atoms with van der Waals surface area (Å²) in [7, 11) is 0. The van der Waals surface area contributed by atoms with Crippen LogP contribution in [0.15, 0.2) is 0 Å². The molecule has 0 aliphatic heterocycles. The van der Waals surface area contributed by atoms with E-state index in [1.807, 2.05) is 13.8 Å². The standard InChI is InChI=1S/C12H23N3O2/c1-12(2,13)8-11(17)14-7-3-4-10(16)15-9-5-6-9/h9H,3-8,13H2,1-2H3,(H,14,17)(H,15,16). The lowest BCUT2D eigenvalue weighted by molar-refractivity contribution is -0.123. The number of carbonyl (C=O) groups is 2. The Morgan fingerprint density at radius 1 is 1.29 bits per heavy atom. The van der Waals surface area contributed by atoms with Gasteiger partial charge >= 0.3 is 0 Å². The lowest BCUT2D eigenvalue weighted by Crippen LogP contribution is -2.39. The van der Waals surface area contributed by atoms with Crippen molar-refractivity contribution in [2.24, 2.45) is 5.73 Å². The van der Waals surface area contributed by atoms with Crippen LogP contribution in [-0.2, 0) is 9.59 Å². The Labute approximate surface area is 103 Å². The molecule has 0 aromatic carbocycles. The van der Waals surface area contributed by atoms with Crippen LogP contribution in [-0.4, -0.2) is 29.9 Å². The molecule has 1 rings (SSSR count). The smallest absolute Gasteiger partial charge is 0.221 e. The number of hydrogen-bond donors (Lipinski definition) is 3. The summed E-state index contributed by atoms with van der Waals surface area (Å²) in [4.78, 5) is 22.7. The van der Waals surface area contributed by atoms with Crippen molar-refractivity contribution in [1.82, 2.24) is 10.6 Å². The number of amides is 2. The topological polar surface area (TPSA) is 84.2 Å². The van der Waals surface area contributed by atoms with E-state index < -0.39 is 5.54 Å². The van der Waals surface area contributed by atoms with E-state index in [2.05, 4.69) is 10.6 Å². The van der Waals surface area contributed by atoms with Gasteiger partial charge in [-0.15, -0.1) is 0 Å². The summed E-state index contributed by atoms with van der Waals surface area (Å²) < 4.78 is 0. The molecule has 0 heterocycles. The van der Waals surface area contributed by atoms with Crippen molar-refractivity contribution in [2.45, 2.75) is 57.5 Å². The number of carbonyl (C=O) groups excluding carboxylic acids is 2. The number of hydrogen-bond acceptors (Lipinski definition) is 3. The largest absolute Gasteiger partial charge is 0.356 e. The molecule has 0 atom stereocenters. The van der Waals surface area contributed by atoms with E-state index in [-0.39, 0.29) is 11.8 Å². The van der Waals surface area contributed by atoms with E-state index in [9.17, 15) is 9.59 Å². The molecule has 0 bridgehead atoms. The van der Waals surface area contributed by atoms with Crippen molar-refractivity contribution in [3.05, 3.63) is 0 Å². The molecule has 98 valence electrons. The number of rotatable bonds is 7. The van der Waals surface area contributed by atoms with E-state index in [0.717, 1.165) is 12.8 Å². The molecule has 0 unspecified atom stereocenters. The van der Waals surface area contributed by atoms with Crippen molar-refractivity contribution in [3.8, 4) is 0 Å². The third-order valence-electron chi connectivity index (χ3n) is 2.46. The van der Waals surface area contributed by atoms with Crippen LogP contribution in [0.5, 0.6) is 0 Å². The summed E-state index contributed by atoms with van der Waals surface area (Å²) in [6.45, 7) is 4.17. The van der Waals surface area contributed by atoms with Crippen molar-refractivity contribution >= 4 is 11.8 Å². The van der Waals surface area contributed by atoms with Crippen molar-refractivity contribution in [1.29, 1.82) is 0 Å². The second-order valence-corrected chi connectivity index (χ2v) is 5.46. The van der Waals surface area contributed by atoms with Gasteiger partial charge in [0.25, 0.3) is 0 Å². The van der Waals surface area contributed by atoms with Gasteiger partial charge in [0.1, 0.15) is 0 Å². The maximum atomic E-state index is 11.4. The third-order valence-corrected chi connectivity index (χ3v) is 2.46. The molecule has 2 amide bonds. The van der Waals surface area contributed by atoms with Crippen LogP contribution >= 0.6 is 0 Å². The van der Waals surface area contributed by atoms with Gasteiger partial charge in [0.15, 0.2) is 0 Å². The van der Waals surface area contributed by atoms with E-state index in [1.165, 1.54) is 0 Å². The van der Waals surface area contributed by atoms with Crippen molar-refractivity contribution in [2.75, 3.05) is 6.54 Å². The second kappa shape index (κ2) is 6.00. The van der Waals surface area contributed by atoms with Crippen LogP contribution in [0.1, 0.15) is 46.0 Å². The minimum Gasteiger partial charge on any atom is -0.356 e. The van der Waals surface area contributed by atoms with Gasteiger partial charge in [-0.05, 0) is 33.1 Å². The minimum atomic E-state index is -0.479. The van der Waals surface area contributed by atoms with Gasteiger partial charge < -0.3 is 16.4 Å². The highest BCUT2D eigenvalue weighted by Crippen LogP contribution is 2.18. The molecule has 1 aliphatic rings. The summed E-state index contributed by atoms with van der Waals surface area (Å²) in [5.41, 5.74) is 5.25. The first-order valence-electron chi connectivity index (χ1n) is 6.22. The Bertz CT molecular complexity index is 280. The van der Waals surface area contributed by atoms with Crippen LogP contribution in [0.4, 0.5) is 0 Å². The molecule has 5 nitrogen and oxygen atoms in total. The molecular weight excluding hydrogens is 218 g/mol. The fraction of sp³-hybridized carbons (Fsp3) is 0.833. The second-order valence-electron chi connectivity index (χ2n) is 5.46. The van der Waals surface area contributed by atoms with Gasteiger partial charge in [0.05, 0.1) is 0 Å². The minimum absolute atomic E-state index is 0.0555. The van der Waals surface area contributed by atoms with E-state index in [4.69, 9.17) is 5.73 Å². The van der Waals surface area contributed by atoms with Gasteiger partial charge in [-0.1, -0.05) is 0 Å². The average Bonchev–Trinajstić information content (AvgIpc) is 2.93. The lowest BCUT2D eigenvalue weighted by Gasteiger charge is -2.17. The monoisotopic (exact) mass is 241 g/mol. The molecule has 0 aromatic heterocycles. The SMILES string of the molecule is CC(C)(N)CC(=O)NCCCC(=O)NC1CC1. The predicted molar refractivity (Wildman–Crippen MR) is 66.3 cm³/mol. The van der Waals surface area contributed by atoms with Gasteiger partial charge in [-0.25, -0.2) is 0 Å². The van der Waals surface area contributed by atoms with E-state index in [1.54, 1.807) is 0 Å². The van der Waals surface area contributed by atoms with E-state index >= 15 is 0 Å². The Balaban J connectivity index is 1.99. The Hall–Kier alpha value is -1.10. The van der Waals surface area contributed by atoms with Crippen molar-refractivity contribution < 1.29 is 9.59 Å². The maximum absolute atomic E-state index is 11.4. The predicted octanol–water partition coefficient (Wildman–Crippen LogP) is 0.289. The fourth-order valence-corrected chi connectivity index (χ4v) is 1.48. The summed E-state index contributed by atoms with van der Waals surface area (Å²) in [6, 6.07) is 0.412. The van der Waals surface area contributed by atoms with Crippen LogP contribution in [0, 0.1) is 0 Å². The molecule has 0 saturated heterocycles. The molecule has 17 heavy (non-hydrogen) atoms. The van der Waals surface area contributed by atoms with Crippen molar-refractivity contribution in [3.63, 3.8) is 0 Å². The molecule has 4 N–H and O–H groups in total. The number of nitrogens with one attached hydrogen (secondary N) is 2. The molecule has 0 aromatic rings. The third kappa shape index (κ3) is 7.74. The Morgan fingerprint density at radius 2 is 1.94 bits per heavy atom. The molecule has 0 radical (unpaired) electrons. The van der Waals surface area contributed by atoms with Crippen LogP contribution < -0.4 is 16.4 Å². The van der Waals surface area contributed by atoms with E-state index in [0.29, 0.717) is 31.8 Å². The van der Waals surface area contributed by atoms with Crippen LogP contribution in [0.2, 0.25) is 0 Å². The highest BCUT2D eigenvalue weighted by molar-refractivity contribution is 5.78. The Kier molecular flexibility index (Phi) is 4.93. The summed E-state index contributed by atoms with van der Waals surface area (Å²) >= 11 is 0. The van der Waals surface area contributed by atoms with Gasteiger partial charge in [-0.3, -0.25) is 9.59 Å². The maximum Gasteiger partial charge on any atom is 0.221 e. The zero-order chi connectivity index (χ0) is 12.9. The first-order chi connectivity index (χ1) is 7.87. The van der Waals surface area contributed by atoms with Gasteiger partial charge in [-0.2, -0.15) is 0 Å². The molecule has 1 aliphatic carbocycles. The van der Waals surface area contributed by atoms with Crippen LogP contribution in [0.3, 0.4) is 0 Å². The first kappa shape index (κ1) is 14.0.